The van der Waals surface area contributed by atoms with Crippen molar-refractivity contribution in [1.82, 2.24) is 15.0 Å². The summed E-state index contributed by atoms with van der Waals surface area (Å²) in [6.45, 7) is 4.77. The number of aromatic nitrogens is 2. The molecule has 2 heterocycles. The van der Waals surface area contributed by atoms with Crippen LogP contribution in [0, 0.1) is 13.8 Å². The predicted molar refractivity (Wildman–Crippen MR) is 84.7 cm³/mol. The van der Waals surface area contributed by atoms with Gasteiger partial charge in [-0.2, -0.15) is 4.98 Å². The number of rotatable bonds is 4. The monoisotopic (exact) mass is 311 g/mol. The summed E-state index contributed by atoms with van der Waals surface area (Å²) in [6, 6.07) is 6.28. The number of benzene rings is 1. The predicted octanol–water partition coefficient (Wildman–Crippen LogP) is 3.43. The van der Waals surface area contributed by atoms with Crippen LogP contribution in [0.3, 0.4) is 0 Å². The second kappa shape index (κ2) is 5.48. The van der Waals surface area contributed by atoms with E-state index < -0.39 is 0 Å². The highest BCUT2D eigenvalue weighted by Gasteiger charge is 2.37. The van der Waals surface area contributed by atoms with Gasteiger partial charge in [-0.05, 0) is 44.2 Å². The fourth-order valence-corrected chi connectivity index (χ4v) is 3.23. The van der Waals surface area contributed by atoms with Crippen molar-refractivity contribution in [2.45, 2.75) is 58.0 Å². The summed E-state index contributed by atoms with van der Waals surface area (Å²) in [7, 11) is 0. The van der Waals surface area contributed by atoms with Gasteiger partial charge in [-0.15, -0.1) is 0 Å². The molecule has 120 valence electrons. The van der Waals surface area contributed by atoms with E-state index in [1.165, 1.54) is 16.7 Å². The summed E-state index contributed by atoms with van der Waals surface area (Å²) in [5.74, 6) is 2.05. The van der Waals surface area contributed by atoms with Crippen LogP contribution in [0.15, 0.2) is 22.7 Å². The number of carbonyl (C=O) groups excluding carboxylic acids is 1. The smallest absolute Gasteiger partial charge is 0.249 e. The molecule has 1 aliphatic heterocycles. The average molecular weight is 311 g/mol. The van der Waals surface area contributed by atoms with Crippen LogP contribution in [0.4, 0.5) is 0 Å². The first-order valence-corrected chi connectivity index (χ1v) is 8.31. The van der Waals surface area contributed by atoms with Crippen LogP contribution in [-0.2, 0) is 11.3 Å². The third-order valence-corrected chi connectivity index (χ3v) is 4.86. The van der Waals surface area contributed by atoms with Crippen molar-refractivity contribution in [2.75, 3.05) is 0 Å². The molecule has 2 aromatic rings. The summed E-state index contributed by atoms with van der Waals surface area (Å²) in [4.78, 5) is 18.8. The van der Waals surface area contributed by atoms with Crippen molar-refractivity contribution < 1.29 is 9.32 Å². The Morgan fingerprint density at radius 3 is 2.87 bits per heavy atom. The molecule has 1 aromatic carbocycles. The van der Waals surface area contributed by atoms with Gasteiger partial charge in [-0.3, -0.25) is 4.79 Å². The van der Waals surface area contributed by atoms with Crippen LogP contribution in [-0.4, -0.2) is 20.9 Å². The van der Waals surface area contributed by atoms with Crippen molar-refractivity contribution in [1.29, 1.82) is 0 Å². The lowest BCUT2D eigenvalue weighted by molar-refractivity contribution is -0.130. The first kappa shape index (κ1) is 14.4. The number of hydrogen-bond donors (Lipinski definition) is 0. The van der Waals surface area contributed by atoms with Gasteiger partial charge in [-0.25, -0.2) is 0 Å². The Bertz CT molecular complexity index is 748. The molecule has 0 radical (unpaired) electrons. The molecular formula is C18H21N3O2. The molecule has 0 bridgehead atoms. The molecule has 23 heavy (non-hydrogen) atoms. The van der Waals surface area contributed by atoms with E-state index >= 15 is 0 Å². The minimum atomic E-state index is -0.0811. The van der Waals surface area contributed by atoms with Gasteiger partial charge in [0.2, 0.25) is 11.8 Å². The van der Waals surface area contributed by atoms with Crippen molar-refractivity contribution in [2.24, 2.45) is 0 Å². The average Bonchev–Trinajstić information content (AvgIpc) is 3.16. The van der Waals surface area contributed by atoms with E-state index in [0.29, 0.717) is 24.8 Å². The molecular weight excluding hydrogens is 290 g/mol. The summed E-state index contributed by atoms with van der Waals surface area (Å²) in [5, 5.41) is 4.10. The SMILES string of the molecule is Cc1ccc(C)c(CN2C(=O)CCC2c2nc(C3CC3)no2)c1. The van der Waals surface area contributed by atoms with Gasteiger partial charge in [0, 0.05) is 18.9 Å². The van der Waals surface area contributed by atoms with Crippen molar-refractivity contribution in [3.05, 3.63) is 46.6 Å². The zero-order chi connectivity index (χ0) is 16.0. The molecule has 5 nitrogen and oxygen atoms in total. The van der Waals surface area contributed by atoms with Crippen molar-refractivity contribution >= 4 is 5.91 Å². The molecule has 1 aromatic heterocycles. The van der Waals surface area contributed by atoms with Gasteiger partial charge in [0.05, 0.1) is 0 Å². The Hall–Kier alpha value is -2.17. The van der Waals surface area contributed by atoms with Crippen molar-refractivity contribution in [3.8, 4) is 0 Å². The van der Waals surface area contributed by atoms with Crippen LogP contribution < -0.4 is 0 Å². The highest BCUT2D eigenvalue weighted by molar-refractivity contribution is 5.78. The highest BCUT2D eigenvalue weighted by Crippen LogP contribution is 2.40. The zero-order valence-corrected chi connectivity index (χ0v) is 13.6. The third kappa shape index (κ3) is 2.76. The molecule has 1 aliphatic carbocycles. The van der Waals surface area contributed by atoms with E-state index in [-0.39, 0.29) is 11.9 Å². The molecule has 1 saturated heterocycles. The number of nitrogens with zero attached hydrogens (tertiary/aromatic N) is 3. The highest BCUT2D eigenvalue weighted by atomic mass is 16.5. The maximum absolute atomic E-state index is 12.3. The Kier molecular flexibility index (Phi) is 3.43. The van der Waals surface area contributed by atoms with E-state index in [2.05, 4.69) is 42.2 Å². The van der Waals surface area contributed by atoms with Gasteiger partial charge in [-0.1, -0.05) is 28.9 Å². The van der Waals surface area contributed by atoms with E-state index in [1.807, 2.05) is 4.90 Å². The quantitative estimate of drug-likeness (QED) is 0.868. The Morgan fingerprint density at radius 1 is 1.26 bits per heavy atom. The van der Waals surface area contributed by atoms with Crippen molar-refractivity contribution in [3.63, 3.8) is 0 Å². The molecule has 2 fully saturated rings. The molecule has 2 aliphatic rings. The number of carbonyl (C=O) groups is 1. The standard InChI is InChI=1S/C18H21N3O2/c1-11-3-4-12(2)14(9-11)10-21-15(7-8-16(21)22)18-19-17(20-23-18)13-5-6-13/h3-4,9,13,15H,5-8,10H2,1-2H3. The fourth-order valence-electron chi connectivity index (χ4n) is 3.23. The molecule has 1 unspecified atom stereocenters. The lowest BCUT2D eigenvalue weighted by Gasteiger charge is -2.23. The number of likely N-dealkylation sites (tertiary alicyclic amines) is 1. The van der Waals surface area contributed by atoms with Crippen LogP contribution >= 0.6 is 0 Å². The van der Waals surface area contributed by atoms with Crippen LogP contribution in [0.5, 0.6) is 0 Å². The normalized spacial score (nSPS) is 21.2. The first-order chi connectivity index (χ1) is 11.1. The summed E-state index contributed by atoms with van der Waals surface area (Å²) < 4.78 is 5.47. The minimum Gasteiger partial charge on any atom is -0.337 e. The molecule has 0 N–H and O–H groups in total. The Balaban J connectivity index is 1.59. The van der Waals surface area contributed by atoms with Gasteiger partial charge in [0.25, 0.3) is 0 Å². The van der Waals surface area contributed by atoms with Crippen LogP contribution in [0.2, 0.25) is 0 Å². The minimum absolute atomic E-state index is 0.0811. The number of aryl methyl sites for hydroxylation is 2. The summed E-state index contributed by atoms with van der Waals surface area (Å²) in [5.41, 5.74) is 3.60. The van der Waals surface area contributed by atoms with E-state index in [1.54, 1.807) is 0 Å². The molecule has 5 heteroatoms. The first-order valence-electron chi connectivity index (χ1n) is 8.31. The Labute approximate surface area is 135 Å². The Morgan fingerprint density at radius 2 is 2.09 bits per heavy atom. The van der Waals surface area contributed by atoms with Gasteiger partial charge in [0.1, 0.15) is 6.04 Å². The number of hydrogen-bond acceptors (Lipinski definition) is 4. The summed E-state index contributed by atoms with van der Waals surface area (Å²) >= 11 is 0. The molecule has 1 amide bonds. The van der Waals surface area contributed by atoms with E-state index in [0.717, 1.165) is 25.1 Å². The second-order valence-corrected chi connectivity index (χ2v) is 6.77. The van der Waals surface area contributed by atoms with Gasteiger partial charge >= 0.3 is 0 Å². The molecule has 4 rings (SSSR count). The van der Waals surface area contributed by atoms with E-state index in [4.69, 9.17) is 4.52 Å². The number of amides is 1. The topological polar surface area (TPSA) is 59.2 Å². The third-order valence-electron chi connectivity index (χ3n) is 4.86. The second-order valence-electron chi connectivity index (χ2n) is 6.77. The van der Waals surface area contributed by atoms with Gasteiger partial charge in [0.15, 0.2) is 5.82 Å². The zero-order valence-electron chi connectivity index (χ0n) is 13.6. The molecule has 1 saturated carbocycles. The maximum atomic E-state index is 12.3. The van der Waals surface area contributed by atoms with E-state index in [9.17, 15) is 4.79 Å². The van der Waals surface area contributed by atoms with Crippen LogP contribution in [0.25, 0.3) is 0 Å². The molecule has 0 spiro atoms. The molecule has 1 atom stereocenters. The van der Waals surface area contributed by atoms with Crippen LogP contribution in [0.1, 0.15) is 66.0 Å². The lowest BCUT2D eigenvalue weighted by atomic mass is 10.0. The maximum Gasteiger partial charge on any atom is 0.249 e. The summed E-state index contributed by atoms with van der Waals surface area (Å²) in [6.07, 6.45) is 3.61. The van der Waals surface area contributed by atoms with Gasteiger partial charge < -0.3 is 9.42 Å². The fraction of sp³-hybridized carbons (Fsp3) is 0.500. The lowest BCUT2D eigenvalue weighted by Crippen LogP contribution is -2.27. The largest absolute Gasteiger partial charge is 0.337 e.